The van der Waals surface area contributed by atoms with E-state index < -0.39 is 0 Å². The predicted molar refractivity (Wildman–Crippen MR) is 85.0 cm³/mol. The first-order valence-corrected chi connectivity index (χ1v) is 8.42. The van der Waals surface area contributed by atoms with E-state index >= 15 is 0 Å². The smallest absolute Gasteiger partial charge is 0.166 e. The Balaban J connectivity index is 1.77. The van der Waals surface area contributed by atoms with Crippen molar-refractivity contribution in [3.63, 3.8) is 0 Å². The minimum atomic E-state index is -0.0167. The molecule has 0 bridgehead atoms. The molecule has 1 unspecified atom stereocenters. The number of Topliss-reactive ketones (excluding diaryl/α,β-unsaturated/α-hetero) is 1. The van der Waals surface area contributed by atoms with Gasteiger partial charge in [0.15, 0.2) is 5.78 Å². The Bertz CT molecular complexity index is 527. The molecule has 0 amide bonds. The van der Waals surface area contributed by atoms with E-state index in [9.17, 15) is 4.79 Å². The van der Waals surface area contributed by atoms with Gasteiger partial charge in [-0.3, -0.25) is 4.79 Å². The van der Waals surface area contributed by atoms with Crippen molar-refractivity contribution in [2.24, 2.45) is 5.92 Å². The maximum absolute atomic E-state index is 12.9. The number of benzene rings is 1. The van der Waals surface area contributed by atoms with Crippen LogP contribution in [0.3, 0.4) is 0 Å². The molecule has 1 aromatic carbocycles. The fourth-order valence-electron chi connectivity index (χ4n) is 3.92. The molecule has 1 atom stereocenters. The van der Waals surface area contributed by atoms with Gasteiger partial charge in [0.1, 0.15) is 0 Å². The van der Waals surface area contributed by atoms with Gasteiger partial charge in [0.2, 0.25) is 0 Å². The van der Waals surface area contributed by atoms with Gasteiger partial charge in [-0.1, -0.05) is 30.9 Å². The molecule has 21 heavy (non-hydrogen) atoms. The molecule has 1 heterocycles. The number of carbonyl (C=O) groups is 1. The van der Waals surface area contributed by atoms with Crippen molar-refractivity contribution in [3.8, 4) is 0 Å². The van der Waals surface area contributed by atoms with Crippen molar-refractivity contribution in [3.05, 3.63) is 34.3 Å². The van der Waals surface area contributed by atoms with Gasteiger partial charge in [-0.15, -0.1) is 0 Å². The molecular formula is C18H23ClO2. The molecular weight excluding hydrogens is 284 g/mol. The van der Waals surface area contributed by atoms with Crippen molar-refractivity contribution in [2.45, 2.75) is 57.5 Å². The zero-order chi connectivity index (χ0) is 14.9. The highest BCUT2D eigenvalue weighted by Crippen LogP contribution is 2.41. The molecule has 1 saturated heterocycles. The highest BCUT2D eigenvalue weighted by Gasteiger charge is 2.40. The molecule has 1 aliphatic carbocycles. The molecule has 2 fully saturated rings. The van der Waals surface area contributed by atoms with E-state index in [4.69, 9.17) is 16.3 Å². The van der Waals surface area contributed by atoms with E-state index in [-0.39, 0.29) is 17.3 Å². The number of hydrogen-bond donors (Lipinski definition) is 0. The van der Waals surface area contributed by atoms with Crippen LogP contribution < -0.4 is 0 Å². The van der Waals surface area contributed by atoms with Crippen molar-refractivity contribution >= 4 is 17.4 Å². The largest absolute Gasteiger partial charge is 0.375 e. The van der Waals surface area contributed by atoms with E-state index in [1.165, 1.54) is 19.3 Å². The Morgan fingerprint density at radius 3 is 2.76 bits per heavy atom. The average Bonchev–Trinajstić information content (AvgIpc) is 2.47. The second kappa shape index (κ2) is 6.10. The number of rotatable bonds is 2. The monoisotopic (exact) mass is 306 g/mol. The summed E-state index contributed by atoms with van der Waals surface area (Å²) in [6, 6.07) is 5.57. The van der Waals surface area contributed by atoms with Crippen molar-refractivity contribution < 1.29 is 9.53 Å². The molecule has 0 aromatic heterocycles. The first kappa shape index (κ1) is 15.1. The van der Waals surface area contributed by atoms with E-state index in [2.05, 4.69) is 0 Å². The third kappa shape index (κ3) is 3.17. The second-order valence-corrected chi connectivity index (χ2v) is 7.04. The van der Waals surface area contributed by atoms with Gasteiger partial charge in [0.05, 0.1) is 5.60 Å². The molecule has 1 spiro atoms. The molecule has 114 valence electrons. The van der Waals surface area contributed by atoms with E-state index in [1.807, 2.05) is 25.1 Å². The van der Waals surface area contributed by atoms with Gasteiger partial charge >= 0.3 is 0 Å². The SMILES string of the molecule is Cc1cc(Cl)ccc1C(=O)C1CCOC2(CCCCC2)C1. The Hall–Kier alpha value is -0.860. The van der Waals surface area contributed by atoms with Gasteiger partial charge in [0, 0.05) is 23.1 Å². The van der Waals surface area contributed by atoms with E-state index in [1.54, 1.807) is 0 Å². The summed E-state index contributed by atoms with van der Waals surface area (Å²) in [5.41, 5.74) is 1.80. The number of carbonyl (C=O) groups excluding carboxylic acids is 1. The van der Waals surface area contributed by atoms with Gasteiger partial charge in [-0.2, -0.15) is 0 Å². The van der Waals surface area contributed by atoms with Crippen LogP contribution in [0.25, 0.3) is 0 Å². The molecule has 3 rings (SSSR count). The van der Waals surface area contributed by atoms with Crippen LogP contribution in [-0.4, -0.2) is 18.0 Å². The lowest BCUT2D eigenvalue weighted by Gasteiger charge is -2.43. The zero-order valence-electron chi connectivity index (χ0n) is 12.7. The van der Waals surface area contributed by atoms with Crippen molar-refractivity contribution in [1.29, 1.82) is 0 Å². The van der Waals surface area contributed by atoms with Crippen LogP contribution in [0.15, 0.2) is 18.2 Å². The first-order valence-electron chi connectivity index (χ1n) is 8.04. The van der Waals surface area contributed by atoms with E-state index in [0.717, 1.165) is 43.4 Å². The van der Waals surface area contributed by atoms with Crippen LogP contribution >= 0.6 is 11.6 Å². The molecule has 1 aromatic rings. The normalized spacial score (nSPS) is 25.0. The lowest BCUT2D eigenvalue weighted by molar-refractivity contribution is -0.111. The topological polar surface area (TPSA) is 26.3 Å². The molecule has 2 nitrogen and oxygen atoms in total. The lowest BCUT2D eigenvalue weighted by Crippen LogP contribution is -2.43. The highest BCUT2D eigenvalue weighted by molar-refractivity contribution is 6.30. The molecule has 1 saturated carbocycles. The Morgan fingerprint density at radius 2 is 2.05 bits per heavy atom. The Morgan fingerprint density at radius 1 is 1.29 bits per heavy atom. The number of ether oxygens (including phenoxy) is 1. The fraction of sp³-hybridized carbons (Fsp3) is 0.611. The molecule has 0 radical (unpaired) electrons. The standard InChI is InChI=1S/C18H23ClO2/c1-13-11-15(19)5-6-16(13)17(20)14-7-10-21-18(12-14)8-3-2-4-9-18/h5-6,11,14H,2-4,7-10,12H2,1H3. The van der Waals surface area contributed by atoms with Crippen LogP contribution in [0.4, 0.5) is 0 Å². The number of aryl methyl sites for hydroxylation is 1. The molecule has 1 aliphatic heterocycles. The van der Waals surface area contributed by atoms with Crippen LogP contribution in [-0.2, 0) is 4.74 Å². The van der Waals surface area contributed by atoms with Crippen molar-refractivity contribution in [1.82, 2.24) is 0 Å². The third-order valence-corrected chi connectivity index (χ3v) is 5.32. The number of ketones is 1. The van der Waals surface area contributed by atoms with Crippen LogP contribution in [0.1, 0.15) is 60.9 Å². The van der Waals surface area contributed by atoms with Gasteiger partial charge in [-0.05, 0) is 56.4 Å². The number of halogens is 1. The molecule has 0 N–H and O–H groups in total. The number of hydrogen-bond acceptors (Lipinski definition) is 2. The summed E-state index contributed by atoms with van der Waals surface area (Å²) in [4.78, 5) is 12.9. The minimum absolute atomic E-state index is 0.0167. The maximum atomic E-state index is 12.9. The predicted octanol–water partition coefficient (Wildman–Crippen LogP) is 4.96. The summed E-state index contributed by atoms with van der Waals surface area (Å²) in [6.45, 7) is 2.69. The summed E-state index contributed by atoms with van der Waals surface area (Å²) >= 11 is 5.99. The van der Waals surface area contributed by atoms with E-state index in [0.29, 0.717) is 5.02 Å². The third-order valence-electron chi connectivity index (χ3n) is 5.08. The summed E-state index contributed by atoms with van der Waals surface area (Å²) in [7, 11) is 0. The zero-order valence-corrected chi connectivity index (χ0v) is 13.4. The Labute approximate surface area is 131 Å². The van der Waals surface area contributed by atoms with Crippen molar-refractivity contribution in [2.75, 3.05) is 6.61 Å². The highest BCUT2D eigenvalue weighted by atomic mass is 35.5. The summed E-state index contributed by atoms with van der Waals surface area (Å²) < 4.78 is 6.10. The summed E-state index contributed by atoms with van der Waals surface area (Å²) in [6.07, 6.45) is 7.77. The van der Waals surface area contributed by atoms with Crippen LogP contribution in [0.5, 0.6) is 0 Å². The molecule has 2 aliphatic rings. The Kier molecular flexibility index (Phi) is 4.37. The van der Waals surface area contributed by atoms with Gasteiger partial charge in [0.25, 0.3) is 0 Å². The average molecular weight is 307 g/mol. The summed E-state index contributed by atoms with van der Waals surface area (Å²) in [5.74, 6) is 0.383. The maximum Gasteiger partial charge on any atom is 0.166 e. The fourth-order valence-corrected chi connectivity index (χ4v) is 4.15. The lowest BCUT2D eigenvalue weighted by atomic mass is 9.74. The van der Waals surface area contributed by atoms with Gasteiger partial charge in [-0.25, -0.2) is 0 Å². The summed E-state index contributed by atoms with van der Waals surface area (Å²) in [5, 5.41) is 0.694. The quantitative estimate of drug-likeness (QED) is 0.722. The first-order chi connectivity index (χ1) is 10.1. The molecule has 3 heteroatoms. The van der Waals surface area contributed by atoms with Gasteiger partial charge < -0.3 is 4.74 Å². The minimum Gasteiger partial charge on any atom is -0.375 e. The van der Waals surface area contributed by atoms with Crippen LogP contribution in [0.2, 0.25) is 5.02 Å². The van der Waals surface area contributed by atoms with Crippen LogP contribution in [0, 0.1) is 12.8 Å². The second-order valence-electron chi connectivity index (χ2n) is 6.61.